The summed E-state index contributed by atoms with van der Waals surface area (Å²) in [4.78, 5) is 11.0. The van der Waals surface area contributed by atoms with Crippen molar-refractivity contribution in [1.29, 1.82) is 0 Å². The highest BCUT2D eigenvalue weighted by atomic mass is 19.1. The Morgan fingerprint density at radius 1 is 1.57 bits per heavy atom. The molecular weight excluding hydrogens is 185 g/mol. The predicted molar refractivity (Wildman–Crippen MR) is 49.8 cm³/mol. The van der Waals surface area contributed by atoms with Gasteiger partial charge in [-0.3, -0.25) is 4.79 Å². The SMILES string of the molecule is C[C@H](N)C(=O)OCc1ccccc1F. The molecule has 0 unspecified atom stereocenters. The van der Waals surface area contributed by atoms with Crippen LogP contribution in [0.2, 0.25) is 0 Å². The van der Waals surface area contributed by atoms with E-state index in [-0.39, 0.29) is 12.4 Å². The van der Waals surface area contributed by atoms with E-state index < -0.39 is 12.0 Å². The Morgan fingerprint density at radius 3 is 2.79 bits per heavy atom. The zero-order valence-electron chi connectivity index (χ0n) is 7.87. The van der Waals surface area contributed by atoms with Gasteiger partial charge in [0.05, 0.1) is 0 Å². The van der Waals surface area contributed by atoms with Gasteiger partial charge in [-0.1, -0.05) is 18.2 Å². The van der Waals surface area contributed by atoms with Crippen molar-refractivity contribution in [3.63, 3.8) is 0 Å². The van der Waals surface area contributed by atoms with Crippen LogP contribution in [0.25, 0.3) is 0 Å². The number of hydrogen-bond acceptors (Lipinski definition) is 3. The van der Waals surface area contributed by atoms with Crippen molar-refractivity contribution < 1.29 is 13.9 Å². The summed E-state index contributed by atoms with van der Waals surface area (Å²) < 4.78 is 17.8. The van der Waals surface area contributed by atoms with E-state index in [0.717, 1.165) is 0 Å². The van der Waals surface area contributed by atoms with Crippen LogP contribution in [0.1, 0.15) is 12.5 Å². The fourth-order valence-electron chi connectivity index (χ4n) is 0.896. The maximum atomic E-state index is 13.0. The number of hydrogen-bond donors (Lipinski definition) is 1. The van der Waals surface area contributed by atoms with E-state index in [2.05, 4.69) is 0 Å². The Morgan fingerprint density at radius 2 is 2.21 bits per heavy atom. The van der Waals surface area contributed by atoms with Gasteiger partial charge in [-0.2, -0.15) is 0 Å². The Hall–Kier alpha value is -1.42. The molecule has 14 heavy (non-hydrogen) atoms. The molecule has 0 saturated carbocycles. The highest BCUT2D eigenvalue weighted by Crippen LogP contribution is 2.07. The predicted octanol–water partition coefficient (Wildman–Crippen LogP) is 1.22. The van der Waals surface area contributed by atoms with E-state index in [1.54, 1.807) is 18.2 Å². The van der Waals surface area contributed by atoms with Crippen molar-refractivity contribution in [2.24, 2.45) is 5.73 Å². The molecule has 1 aromatic carbocycles. The van der Waals surface area contributed by atoms with Crippen molar-refractivity contribution in [1.82, 2.24) is 0 Å². The average molecular weight is 197 g/mol. The molecule has 0 bridgehead atoms. The number of carbonyl (C=O) groups is 1. The first kappa shape index (κ1) is 10.7. The highest BCUT2D eigenvalue weighted by molar-refractivity contribution is 5.74. The smallest absolute Gasteiger partial charge is 0.322 e. The number of benzene rings is 1. The van der Waals surface area contributed by atoms with Crippen LogP contribution in [0.4, 0.5) is 4.39 Å². The van der Waals surface area contributed by atoms with Crippen LogP contribution >= 0.6 is 0 Å². The zero-order chi connectivity index (χ0) is 10.6. The molecule has 1 atom stereocenters. The molecule has 1 aromatic rings. The van der Waals surface area contributed by atoms with Gasteiger partial charge in [0.25, 0.3) is 0 Å². The van der Waals surface area contributed by atoms with Gasteiger partial charge in [0.15, 0.2) is 0 Å². The van der Waals surface area contributed by atoms with Crippen LogP contribution in [0.15, 0.2) is 24.3 Å². The van der Waals surface area contributed by atoms with Gasteiger partial charge < -0.3 is 10.5 Å². The number of ether oxygens (including phenoxy) is 1. The topological polar surface area (TPSA) is 52.3 Å². The molecular formula is C10H12FNO2. The molecule has 0 amide bonds. The highest BCUT2D eigenvalue weighted by Gasteiger charge is 2.09. The molecule has 0 aliphatic carbocycles. The molecule has 2 N–H and O–H groups in total. The first-order chi connectivity index (χ1) is 6.61. The van der Waals surface area contributed by atoms with Crippen LogP contribution in [0, 0.1) is 5.82 Å². The molecule has 3 nitrogen and oxygen atoms in total. The second-order valence-corrected chi connectivity index (χ2v) is 2.99. The van der Waals surface area contributed by atoms with Crippen LogP contribution in [0.3, 0.4) is 0 Å². The third kappa shape index (κ3) is 2.81. The Bertz CT molecular complexity index is 326. The van der Waals surface area contributed by atoms with Crippen LogP contribution < -0.4 is 5.73 Å². The number of halogens is 1. The summed E-state index contributed by atoms with van der Waals surface area (Å²) >= 11 is 0. The summed E-state index contributed by atoms with van der Waals surface area (Å²) in [6.07, 6.45) is 0. The molecule has 0 aliphatic heterocycles. The van der Waals surface area contributed by atoms with E-state index >= 15 is 0 Å². The van der Waals surface area contributed by atoms with Crippen LogP contribution in [-0.2, 0) is 16.1 Å². The molecule has 0 aliphatic rings. The Kier molecular flexibility index (Phi) is 3.59. The summed E-state index contributed by atoms with van der Waals surface area (Å²) in [7, 11) is 0. The van der Waals surface area contributed by atoms with E-state index in [0.29, 0.717) is 5.56 Å². The normalized spacial score (nSPS) is 12.2. The summed E-state index contributed by atoms with van der Waals surface area (Å²) in [5.41, 5.74) is 5.62. The van der Waals surface area contributed by atoms with Gasteiger partial charge >= 0.3 is 5.97 Å². The minimum Gasteiger partial charge on any atom is -0.460 e. The van der Waals surface area contributed by atoms with Gasteiger partial charge in [-0.25, -0.2) is 4.39 Å². The molecule has 0 saturated heterocycles. The van der Waals surface area contributed by atoms with E-state index in [9.17, 15) is 9.18 Å². The molecule has 0 heterocycles. The summed E-state index contributed by atoms with van der Waals surface area (Å²) in [5.74, 6) is -0.918. The van der Waals surface area contributed by atoms with Gasteiger partial charge in [-0.15, -0.1) is 0 Å². The number of esters is 1. The van der Waals surface area contributed by atoms with E-state index in [1.807, 2.05) is 0 Å². The van der Waals surface area contributed by atoms with Crippen LogP contribution in [0.5, 0.6) is 0 Å². The molecule has 76 valence electrons. The summed E-state index contributed by atoms with van der Waals surface area (Å²) in [6.45, 7) is 1.44. The minimum atomic E-state index is -0.679. The first-order valence-electron chi connectivity index (χ1n) is 4.27. The lowest BCUT2D eigenvalue weighted by Crippen LogP contribution is -2.28. The maximum absolute atomic E-state index is 13.0. The van der Waals surface area contributed by atoms with E-state index in [1.165, 1.54) is 13.0 Å². The van der Waals surface area contributed by atoms with Crippen LogP contribution in [-0.4, -0.2) is 12.0 Å². The zero-order valence-corrected chi connectivity index (χ0v) is 7.87. The second-order valence-electron chi connectivity index (χ2n) is 2.99. The van der Waals surface area contributed by atoms with Gasteiger partial charge in [0.1, 0.15) is 18.5 Å². The number of rotatable bonds is 3. The van der Waals surface area contributed by atoms with Gasteiger partial charge in [0.2, 0.25) is 0 Å². The summed E-state index contributed by atoms with van der Waals surface area (Å²) in [6, 6.07) is 5.45. The first-order valence-corrected chi connectivity index (χ1v) is 4.27. The monoisotopic (exact) mass is 197 g/mol. The lowest BCUT2D eigenvalue weighted by molar-refractivity contribution is -0.146. The largest absolute Gasteiger partial charge is 0.460 e. The third-order valence-corrected chi connectivity index (χ3v) is 1.70. The van der Waals surface area contributed by atoms with Crippen molar-refractivity contribution in [2.45, 2.75) is 19.6 Å². The van der Waals surface area contributed by atoms with Crippen molar-refractivity contribution in [3.8, 4) is 0 Å². The Balaban J connectivity index is 2.54. The fourth-order valence-corrected chi connectivity index (χ4v) is 0.896. The van der Waals surface area contributed by atoms with Gasteiger partial charge in [0, 0.05) is 5.56 Å². The van der Waals surface area contributed by atoms with Crippen molar-refractivity contribution in [2.75, 3.05) is 0 Å². The summed E-state index contributed by atoms with van der Waals surface area (Å²) in [5, 5.41) is 0. The lowest BCUT2D eigenvalue weighted by Gasteiger charge is -2.07. The van der Waals surface area contributed by atoms with Crippen molar-refractivity contribution in [3.05, 3.63) is 35.6 Å². The molecule has 1 rings (SSSR count). The number of nitrogens with two attached hydrogens (primary N) is 1. The number of carbonyl (C=O) groups excluding carboxylic acids is 1. The molecule has 0 radical (unpaired) electrons. The van der Waals surface area contributed by atoms with Crippen molar-refractivity contribution >= 4 is 5.97 Å². The molecule has 0 fully saturated rings. The quantitative estimate of drug-likeness (QED) is 0.741. The maximum Gasteiger partial charge on any atom is 0.322 e. The Labute approximate surface area is 81.7 Å². The molecule has 4 heteroatoms. The molecule has 0 aromatic heterocycles. The minimum absolute atomic E-state index is 0.0763. The standard InChI is InChI=1S/C10H12FNO2/c1-7(12)10(13)14-6-8-4-2-3-5-9(8)11/h2-5,7H,6,12H2,1H3/t7-/m0/s1. The molecule has 0 spiro atoms. The second kappa shape index (κ2) is 4.72. The average Bonchev–Trinajstić information content (AvgIpc) is 2.16. The fraction of sp³-hybridized carbons (Fsp3) is 0.300. The lowest BCUT2D eigenvalue weighted by atomic mass is 10.2. The van der Waals surface area contributed by atoms with E-state index in [4.69, 9.17) is 10.5 Å². The third-order valence-electron chi connectivity index (χ3n) is 1.70. The van der Waals surface area contributed by atoms with Gasteiger partial charge in [-0.05, 0) is 13.0 Å².